The van der Waals surface area contributed by atoms with Crippen LogP contribution in [0.3, 0.4) is 0 Å². The lowest BCUT2D eigenvalue weighted by atomic mass is 10.2. The van der Waals surface area contributed by atoms with Crippen molar-refractivity contribution in [2.75, 3.05) is 23.3 Å². The molecule has 0 saturated carbocycles. The minimum atomic E-state index is -0.857. The molecule has 0 aromatic heterocycles. The number of hydrogen-bond donors (Lipinski definition) is 2. The number of nitrogens with zero attached hydrogens (tertiary/aromatic N) is 1. The summed E-state index contributed by atoms with van der Waals surface area (Å²) in [6.07, 6.45) is 0.451. The quantitative estimate of drug-likeness (QED) is 0.884. The molecule has 0 bridgehead atoms. The molecule has 1 saturated heterocycles. The molecular weight excluding hydrogens is 256 g/mol. The fourth-order valence-corrected chi connectivity index (χ4v) is 2.47. The molecule has 1 aromatic carbocycles. The van der Waals surface area contributed by atoms with Gasteiger partial charge in [0.15, 0.2) is 0 Å². The lowest BCUT2D eigenvalue weighted by Crippen LogP contribution is -2.45. The molecule has 0 spiro atoms. The van der Waals surface area contributed by atoms with E-state index in [4.69, 9.17) is 9.84 Å². The van der Waals surface area contributed by atoms with Crippen LogP contribution in [0.25, 0.3) is 0 Å². The van der Waals surface area contributed by atoms with Gasteiger partial charge in [-0.25, -0.2) is 0 Å². The summed E-state index contributed by atoms with van der Waals surface area (Å²) in [6.45, 7) is 7.53. The van der Waals surface area contributed by atoms with Crippen LogP contribution in [0.15, 0.2) is 24.3 Å². The Morgan fingerprint density at radius 3 is 2.35 bits per heavy atom. The zero-order valence-electron chi connectivity index (χ0n) is 12.2. The Kier molecular flexibility index (Phi) is 4.49. The van der Waals surface area contributed by atoms with Gasteiger partial charge in [-0.2, -0.15) is 0 Å². The van der Waals surface area contributed by atoms with Gasteiger partial charge >= 0.3 is 5.97 Å². The first-order valence-electron chi connectivity index (χ1n) is 6.95. The van der Waals surface area contributed by atoms with Crippen LogP contribution in [0.5, 0.6) is 0 Å². The van der Waals surface area contributed by atoms with E-state index in [2.05, 4.69) is 24.1 Å². The molecular formula is C15H22N2O3. The van der Waals surface area contributed by atoms with Gasteiger partial charge in [0.05, 0.1) is 12.2 Å². The van der Waals surface area contributed by atoms with E-state index >= 15 is 0 Å². The standard InChI is InChI=1S/C15H22N2O3/c1-10-8-17(9-11(2)20-10)14-6-4-13(5-7-14)16-12(3)15(18)19/h4-7,10-12,16H,8-9H2,1-3H3,(H,18,19)/t10-,11-,12-/m0/s1. The van der Waals surface area contributed by atoms with Crippen LogP contribution in [-0.2, 0) is 9.53 Å². The van der Waals surface area contributed by atoms with Crippen LogP contribution < -0.4 is 10.2 Å². The molecule has 20 heavy (non-hydrogen) atoms. The fraction of sp³-hybridized carbons (Fsp3) is 0.533. The smallest absolute Gasteiger partial charge is 0.325 e. The van der Waals surface area contributed by atoms with E-state index in [1.165, 1.54) is 0 Å². The van der Waals surface area contributed by atoms with Crippen molar-refractivity contribution >= 4 is 17.3 Å². The number of carbonyl (C=O) groups is 1. The van der Waals surface area contributed by atoms with Gasteiger partial charge in [0.2, 0.25) is 0 Å². The molecule has 110 valence electrons. The van der Waals surface area contributed by atoms with Crippen molar-refractivity contribution in [2.24, 2.45) is 0 Å². The minimum Gasteiger partial charge on any atom is -0.480 e. The summed E-state index contributed by atoms with van der Waals surface area (Å²) < 4.78 is 5.72. The maximum Gasteiger partial charge on any atom is 0.325 e. The molecule has 1 heterocycles. The molecule has 0 radical (unpaired) electrons. The number of ether oxygens (including phenoxy) is 1. The van der Waals surface area contributed by atoms with E-state index in [-0.39, 0.29) is 12.2 Å². The molecule has 2 N–H and O–H groups in total. The molecule has 1 aliphatic heterocycles. The second-order valence-electron chi connectivity index (χ2n) is 5.41. The van der Waals surface area contributed by atoms with E-state index in [0.29, 0.717) is 0 Å². The molecule has 5 heteroatoms. The largest absolute Gasteiger partial charge is 0.480 e. The van der Waals surface area contributed by atoms with Crippen LogP contribution >= 0.6 is 0 Å². The van der Waals surface area contributed by atoms with Crippen molar-refractivity contribution in [3.63, 3.8) is 0 Å². The lowest BCUT2D eigenvalue weighted by molar-refractivity contribution is -0.137. The number of benzene rings is 1. The molecule has 3 atom stereocenters. The van der Waals surface area contributed by atoms with Crippen LogP contribution in [0.4, 0.5) is 11.4 Å². The predicted octanol–water partition coefficient (Wildman–Crippen LogP) is 2.19. The number of hydrogen-bond acceptors (Lipinski definition) is 4. The van der Waals surface area contributed by atoms with E-state index in [1.54, 1.807) is 6.92 Å². The number of aliphatic carboxylic acids is 1. The van der Waals surface area contributed by atoms with Crippen LogP contribution in [0.1, 0.15) is 20.8 Å². The van der Waals surface area contributed by atoms with Gasteiger partial charge in [-0.15, -0.1) is 0 Å². The first-order valence-corrected chi connectivity index (χ1v) is 6.95. The second-order valence-corrected chi connectivity index (χ2v) is 5.41. The maximum atomic E-state index is 10.8. The van der Waals surface area contributed by atoms with Gasteiger partial charge in [0.1, 0.15) is 6.04 Å². The Balaban J connectivity index is 2.02. The van der Waals surface area contributed by atoms with Crippen molar-refractivity contribution in [3.8, 4) is 0 Å². The molecule has 1 fully saturated rings. The highest BCUT2D eigenvalue weighted by Crippen LogP contribution is 2.22. The van der Waals surface area contributed by atoms with E-state index in [9.17, 15) is 4.79 Å². The summed E-state index contributed by atoms with van der Waals surface area (Å²) in [4.78, 5) is 13.1. The Morgan fingerprint density at radius 2 is 1.85 bits per heavy atom. The molecule has 2 rings (SSSR count). The summed E-state index contributed by atoms with van der Waals surface area (Å²) in [6, 6.07) is 7.27. The first-order chi connectivity index (χ1) is 9.45. The Labute approximate surface area is 119 Å². The zero-order chi connectivity index (χ0) is 14.7. The van der Waals surface area contributed by atoms with Crippen LogP contribution in [-0.4, -0.2) is 42.4 Å². The van der Waals surface area contributed by atoms with Gasteiger partial charge in [0, 0.05) is 24.5 Å². The minimum absolute atomic E-state index is 0.226. The van der Waals surface area contributed by atoms with E-state index in [1.807, 2.05) is 24.3 Å². The summed E-state index contributed by atoms with van der Waals surface area (Å²) in [5.41, 5.74) is 1.96. The molecule has 0 amide bonds. The summed E-state index contributed by atoms with van der Waals surface area (Å²) in [5, 5.41) is 11.8. The summed E-state index contributed by atoms with van der Waals surface area (Å²) in [5.74, 6) is -0.857. The third-order valence-electron chi connectivity index (χ3n) is 3.41. The highest BCUT2D eigenvalue weighted by atomic mass is 16.5. The summed E-state index contributed by atoms with van der Waals surface area (Å²) >= 11 is 0. The number of carboxylic acids is 1. The van der Waals surface area contributed by atoms with E-state index in [0.717, 1.165) is 24.5 Å². The van der Waals surface area contributed by atoms with Crippen molar-refractivity contribution < 1.29 is 14.6 Å². The van der Waals surface area contributed by atoms with Gasteiger partial charge in [-0.05, 0) is 45.0 Å². The Hall–Kier alpha value is -1.75. The lowest BCUT2D eigenvalue weighted by Gasteiger charge is -2.36. The molecule has 0 aliphatic carbocycles. The van der Waals surface area contributed by atoms with Crippen molar-refractivity contribution in [1.29, 1.82) is 0 Å². The number of rotatable bonds is 4. The average Bonchev–Trinajstić information content (AvgIpc) is 2.38. The molecule has 0 unspecified atom stereocenters. The first kappa shape index (κ1) is 14.7. The molecule has 1 aliphatic rings. The normalized spacial score (nSPS) is 24.2. The van der Waals surface area contributed by atoms with Gasteiger partial charge in [-0.1, -0.05) is 0 Å². The average molecular weight is 278 g/mol. The Morgan fingerprint density at radius 1 is 1.30 bits per heavy atom. The number of morpholine rings is 1. The highest BCUT2D eigenvalue weighted by molar-refractivity contribution is 5.76. The molecule has 1 aromatic rings. The number of anilines is 2. The molecule has 5 nitrogen and oxygen atoms in total. The maximum absolute atomic E-state index is 10.8. The SMILES string of the molecule is C[C@H](Nc1ccc(N2C[C@H](C)O[C@@H](C)C2)cc1)C(=O)O. The van der Waals surface area contributed by atoms with E-state index < -0.39 is 12.0 Å². The van der Waals surface area contributed by atoms with Crippen LogP contribution in [0, 0.1) is 0 Å². The zero-order valence-corrected chi connectivity index (χ0v) is 12.2. The third-order valence-corrected chi connectivity index (χ3v) is 3.41. The number of nitrogens with one attached hydrogen (secondary N) is 1. The van der Waals surface area contributed by atoms with Gasteiger partial charge in [-0.3, -0.25) is 4.79 Å². The van der Waals surface area contributed by atoms with Crippen molar-refractivity contribution in [3.05, 3.63) is 24.3 Å². The van der Waals surface area contributed by atoms with Gasteiger partial charge < -0.3 is 20.1 Å². The Bertz CT molecular complexity index is 451. The van der Waals surface area contributed by atoms with Gasteiger partial charge in [0.25, 0.3) is 0 Å². The van der Waals surface area contributed by atoms with Crippen LogP contribution in [0.2, 0.25) is 0 Å². The topological polar surface area (TPSA) is 61.8 Å². The highest BCUT2D eigenvalue weighted by Gasteiger charge is 2.22. The van der Waals surface area contributed by atoms with Crippen molar-refractivity contribution in [1.82, 2.24) is 0 Å². The predicted molar refractivity (Wildman–Crippen MR) is 79.4 cm³/mol. The monoisotopic (exact) mass is 278 g/mol. The third kappa shape index (κ3) is 3.63. The second kappa shape index (κ2) is 6.13. The fourth-order valence-electron chi connectivity index (χ4n) is 2.47. The summed E-state index contributed by atoms with van der Waals surface area (Å²) in [7, 11) is 0. The van der Waals surface area contributed by atoms with Crippen molar-refractivity contribution in [2.45, 2.75) is 39.0 Å². The number of carboxylic acid groups (broad SMARTS) is 1.